The monoisotopic (exact) mass is 722 g/mol. The Kier molecular flexibility index (Phi) is 11.0. The van der Waals surface area contributed by atoms with Crippen molar-refractivity contribution in [2.75, 3.05) is 7.11 Å². The second-order valence-electron chi connectivity index (χ2n) is 12.4. The molecular formula is C44H34O10. The topological polar surface area (TPSA) is 146 Å². The van der Waals surface area contributed by atoms with Gasteiger partial charge in [0.15, 0.2) is 5.75 Å². The van der Waals surface area contributed by atoms with Crippen LogP contribution in [0.5, 0.6) is 11.5 Å². The zero-order valence-electron chi connectivity index (χ0n) is 29.2. The Bertz CT molecular complexity index is 2300. The first kappa shape index (κ1) is 36.7. The van der Waals surface area contributed by atoms with E-state index < -0.39 is 29.3 Å². The summed E-state index contributed by atoms with van der Waals surface area (Å²) in [4.78, 5) is 61.4. The van der Waals surface area contributed by atoms with Crippen molar-refractivity contribution in [3.05, 3.63) is 179 Å². The minimum atomic E-state index is -1.30. The number of carbonyl (C=O) groups excluding carboxylic acids is 2. The van der Waals surface area contributed by atoms with E-state index in [2.05, 4.69) is 0 Å². The highest BCUT2D eigenvalue weighted by molar-refractivity contribution is 6.04. The number of benzene rings is 6. The van der Waals surface area contributed by atoms with E-state index >= 15 is 0 Å². The lowest BCUT2D eigenvalue weighted by molar-refractivity contribution is -0.217. The fraction of sp³-hybridized carbons (Fsp3) is 0.0909. The molecule has 6 aromatic rings. The molecule has 0 spiro atoms. The molecule has 0 radical (unpaired) electrons. The number of methoxy groups -OCH3 is 1. The standard InChI is InChI=1S/C44H34O10/c1-44(43(50)51-2,33-15-19-35(20-16-33)53-42(49)39-26-31(14-24-38(39)41(47)48)29-11-7-4-8-12-29)34-17-21-36(22-18-34)54-52-27-32-25-30(13-23-37(32)40(45)46)28-9-5-3-6-10-28/h3-26H,27H2,1-2H3,(H,45,46)(H,47,48). The summed E-state index contributed by atoms with van der Waals surface area (Å²) < 4.78 is 10.8. The zero-order chi connectivity index (χ0) is 38.2. The third-order valence-electron chi connectivity index (χ3n) is 9.06. The third-order valence-corrected chi connectivity index (χ3v) is 9.06. The summed E-state index contributed by atoms with van der Waals surface area (Å²) in [5, 5.41) is 19.5. The lowest BCUT2D eigenvalue weighted by Crippen LogP contribution is -2.35. The van der Waals surface area contributed by atoms with Crippen molar-refractivity contribution in [1.29, 1.82) is 0 Å². The summed E-state index contributed by atoms with van der Waals surface area (Å²) >= 11 is 0. The number of carbonyl (C=O) groups is 4. The van der Waals surface area contributed by atoms with Crippen LogP contribution in [0.25, 0.3) is 22.3 Å². The molecule has 0 bridgehead atoms. The van der Waals surface area contributed by atoms with E-state index in [4.69, 9.17) is 19.2 Å². The molecule has 0 aromatic heterocycles. The van der Waals surface area contributed by atoms with Gasteiger partial charge in [-0.15, -0.1) is 0 Å². The summed E-state index contributed by atoms with van der Waals surface area (Å²) in [6, 6.07) is 41.1. The first-order chi connectivity index (χ1) is 26.1. The summed E-state index contributed by atoms with van der Waals surface area (Å²) in [5.41, 5.74) is 3.20. The highest BCUT2D eigenvalue weighted by Gasteiger charge is 2.38. The maximum atomic E-state index is 13.3. The van der Waals surface area contributed by atoms with Crippen molar-refractivity contribution in [2.45, 2.75) is 18.9 Å². The largest absolute Gasteiger partial charge is 0.478 e. The molecule has 1 atom stereocenters. The summed E-state index contributed by atoms with van der Waals surface area (Å²) in [7, 11) is 1.28. The number of carboxylic acids is 2. The lowest BCUT2D eigenvalue weighted by atomic mass is 9.76. The van der Waals surface area contributed by atoms with Gasteiger partial charge < -0.3 is 24.6 Å². The van der Waals surface area contributed by atoms with Gasteiger partial charge in [-0.2, -0.15) is 4.89 Å². The van der Waals surface area contributed by atoms with Crippen LogP contribution in [0.4, 0.5) is 0 Å². The smallest absolute Gasteiger partial charge is 0.344 e. The Morgan fingerprint density at radius 2 is 1.06 bits per heavy atom. The van der Waals surface area contributed by atoms with E-state index in [1.165, 1.54) is 37.4 Å². The van der Waals surface area contributed by atoms with E-state index in [-0.39, 0.29) is 29.0 Å². The average Bonchev–Trinajstić information content (AvgIpc) is 3.21. The van der Waals surface area contributed by atoms with Gasteiger partial charge in [-0.1, -0.05) is 97.1 Å². The van der Waals surface area contributed by atoms with Gasteiger partial charge in [-0.25, -0.2) is 14.4 Å². The summed E-state index contributed by atoms with van der Waals surface area (Å²) in [6.07, 6.45) is 0. The Hall–Kier alpha value is -7.04. The van der Waals surface area contributed by atoms with Crippen LogP contribution >= 0.6 is 0 Å². The normalized spacial score (nSPS) is 11.9. The van der Waals surface area contributed by atoms with Crippen LogP contribution < -0.4 is 9.62 Å². The number of aromatic carboxylic acids is 2. The molecule has 0 aliphatic carbocycles. The van der Waals surface area contributed by atoms with Gasteiger partial charge >= 0.3 is 23.9 Å². The molecule has 0 aliphatic rings. The van der Waals surface area contributed by atoms with Crippen LogP contribution in [0.1, 0.15) is 54.7 Å². The van der Waals surface area contributed by atoms with Gasteiger partial charge in [0.25, 0.3) is 0 Å². The molecule has 0 heterocycles. The molecule has 6 aromatic carbocycles. The molecule has 0 saturated heterocycles. The Morgan fingerprint density at radius 1 is 0.556 bits per heavy atom. The van der Waals surface area contributed by atoms with Crippen molar-refractivity contribution in [3.8, 4) is 33.8 Å². The van der Waals surface area contributed by atoms with E-state index in [1.54, 1.807) is 61.5 Å². The zero-order valence-corrected chi connectivity index (χ0v) is 29.2. The van der Waals surface area contributed by atoms with Gasteiger partial charge in [-0.3, -0.25) is 4.79 Å². The minimum absolute atomic E-state index is 0.0885. The number of esters is 2. The van der Waals surface area contributed by atoms with E-state index in [0.29, 0.717) is 28.0 Å². The first-order valence-corrected chi connectivity index (χ1v) is 16.7. The van der Waals surface area contributed by atoms with Gasteiger partial charge in [0, 0.05) is 0 Å². The SMILES string of the molecule is COC(=O)C(C)(c1ccc(OOCc2cc(-c3ccccc3)ccc2C(=O)O)cc1)c1ccc(OC(=O)c2cc(-c3ccccc3)ccc2C(=O)O)cc1. The Morgan fingerprint density at radius 3 is 1.57 bits per heavy atom. The maximum absolute atomic E-state index is 13.3. The number of carboxylic acid groups (broad SMARTS) is 2. The molecule has 54 heavy (non-hydrogen) atoms. The van der Waals surface area contributed by atoms with Gasteiger partial charge in [-0.05, 0) is 94.4 Å². The van der Waals surface area contributed by atoms with Gasteiger partial charge in [0.2, 0.25) is 0 Å². The quantitative estimate of drug-likeness (QED) is 0.0514. The van der Waals surface area contributed by atoms with Crippen LogP contribution in [-0.2, 0) is 26.4 Å². The second kappa shape index (κ2) is 16.1. The molecule has 0 fully saturated rings. The summed E-state index contributed by atoms with van der Waals surface area (Å²) in [5.74, 6) is -3.32. The van der Waals surface area contributed by atoms with E-state index in [1.807, 2.05) is 60.7 Å². The van der Waals surface area contributed by atoms with Crippen molar-refractivity contribution < 1.29 is 48.6 Å². The second-order valence-corrected chi connectivity index (χ2v) is 12.4. The molecule has 0 saturated carbocycles. The molecule has 1 unspecified atom stereocenters. The number of ether oxygens (including phenoxy) is 2. The fourth-order valence-electron chi connectivity index (χ4n) is 6.07. The van der Waals surface area contributed by atoms with E-state index in [0.717, 1.165) is 16.7 Å². The van der Waals surface area contributed by atoms with Crippen LogP contribution in [0.15, 0.2) is 146 Å². The average molecular weight is 723 g/mol. The molecule has 0 aliphatic heterocycles. The predicted octanol–water partition coefficient (Wildman–Crippen LogP) is 8.63. The predicted molar refractivity (Wildman–Crippen MR) is 199 cm³/mol. The van der Waals surface area contributed by atoms with Crippen LogP contribution in [0.2, 0.25) is 0 Å². The number of hydrogen-bond donors (Lipinski definition) is 2. The molecule has 0 amide bonds. The molecular weight excluding hydrogens is 688 g/mol. The van der Waals surface area contributed by atoms with Crippen molar-refractivity contribution in [2.24, 2.45) is 0 Å². The highest BCUT2D eigenvalue weighted by atomic mass is 17.2. The number of hydrogen-bond acceptors (Lipinski definition) is 8. The molecule has 10 heteroatoms. The molecule has 2 N–H and O–H groups in total. The summed E-state index contributed by atoms with van der Waals surface area (Å²) in [6.45, 7) is 1.55. The van der Waals surface area contributed by atoms with Gasteiger partial charge in [0.05, 0.1) is 23.8 Å². The third kappa shape index (κ3) is 7.89. The molecule has 270 valence electrons. The number of rotatable bonds is 13. The van der Waals surface area contributed by atoms with Crippen molar-refractivity contribution in [3.63, 3.8) is 0 Å². The highest BCUT2D eigenvalue weighted by Crippen LogP contribution is 2.36. The Balaban J connectivity index is 1.17. The van der Waals surface area contributed by atoms with Gasteiger partial charge in [0.1, 0.15) is 17.8 Å². The van der Waals surface area contributed by atoms with Crippen LogP contribution in [0, 0.1) is 0 Å². The first-order valence-electron chi connectivity index (χ1n) is 16.7. The van der Waals surface area contributed by atoms with E-state index in [9.17, 15) is 29.4 Å². The van der Waals surface area contributed by atoms with Crippen molar-refractivity contribution >= 4 is 23.9 Å². The van der Waals surface area contributed by atoms with Crippen LogP contribution in [-0.4, -0.2) is 41.2 Å². The Labute approximate surface area is 310 Å². The lowest BCUT2D eigenvalue weighted by Gasteiger charge is -2.28. The van der Waals surface area contributed by atoms with Crippen molar-refractivity contribution in [1.82, 2.24) is 0 Å². The van der Waals surface area contributed by atoms with Crippen LogP contribution in [0.3, 0.4) is 0 Å². The maximum Gasteiger partial charge on any atom is 0.344 e. The fourth-order valence-corrected chi connectivity index (χ4v) is 6.07. The molecule has 10 nitrogen and oxygen atoms in total. The molecule has 6 rings (SSSR count). The minimum Gasteiger partial charge on any atom is -0.478 e.